The van der Waals surface area contributed by atoms with Crippen LogP contribution in [0, 0.1) is 5.92 Å². The van der Waals surface area contributed by atoms with Gasteiger partial charge in [-0.3, -0.25) is 4.98 Å². The van der Waals surface area contributed by atoms with E-state index in [1.54, 1.807) is 0 Å². The second-order valence-corrected chi connectivity index (χ2v) is 5.35. The van der Waals surface area contributed by atoms with Crippen molar-refractivity contribution in [3.05, 3.63) is 42.1 Å². The third kappa shape index (κ3) is 2.13. The van der Waals surface area contributed by atoms with Gasteiger partial charge in [0, 0.05) is 11.6 Å². The first-order valence-electron chi connectivity index (χ1n) is 6.93. The van der Waals surface area contributed by atoms with Crippen LogP contribution >= 0.6 is 0 Å². The Morgan fingerprint density at radius 1 is 1.17 bits per heavy atom. The van der Waals surface area contributed by atoms with Crippen molar-refractivity contribution in [2.24, 2.45) is 11.7 Å². The molecule has 18 heavy (non-hydrogen) atoms. The molecule has 2 unspecified atom stereocenters. The third-order valence-electron chi connectivity index (χ3n) is 4.25. The van der Waals surface area contributed by atoms with Gasteiger partial charge in [0.15, 0.2) is 0 Å². The number of nitrogens with zero attached hydrogens (tertiary/aromatic N) is 1. The molecule has 1 saturated carbocycles. The van der Waals surface area contributed by atoms with Crippen molar-refractivity contribution in [1.29, 1.82) is 0 Å². The van der Waals surface area contributed by atoms with Gasteiger partial charge in [0.1, 0.15) is 0 Å². The van der Waals surface area contributed by atoms with Crippen LogP contribution in [-0.2, 0) is 0 Å². The van der Waals surface area contributed by atoms with Crippen molar-refractivity contribution < 1.29 is 0 Å². The van der Waals surface area contributed by atoms with Gasteiger partial charge < -0.3 is 5.73 Å². The molecule has 0 spiro atoms. The molecule has 0 radical (unpaired) electrons. The first-order valence-corrected chi connectivity index (χ1v) is 6.93. The predicted molar refractivity (Wildman–Crippen MR) is 75.5 cm³/mol. The number of benzene rings is 1. The normalized spacial score (nSPS) is 24.3. The molecule has 0 aliphatic heterocycles. The lowest BCUT2D eigenvalue weighted by Gasteiger charge is -2.30. The number of rotatable bonds is 2. The first kappa shape index (κ1) is 11.7. The van der Waals surface area contributed by atoms with Gasteiger partial charge in [-0.2, -0.15) is 0 Å². The fourth-order valence-electron chi connectivity index (χ4n) is 3.22. The molecule has 0 amide bonds. The van der Waals surface area contributed by atoms with Gasteiger partial charge in [0.2, 0.25) is 0 Å². The second-order valence-electron chi connectivity index (χ2n) is 5.35. The van der Waals surface area contributed by atoms with Crippen LogP contribution in [0.4, 0.5) is 0 Å². The minimum Gasteiger partial charge on any atom is -0.330 e. The highest BCUT2D eigenvalue weighted by molar-refractivity contribution is 5.78. The Bertz CT molecular complexity index is 535. The number of nitrogens with two attached hydrogens (primary N) is 1. The van der Waals surface area contributed by atoms with Crippen LogP contribution in [-0.4, -0.2) is 11.5 Å². The molecule has 2 N–H and O–H groups in total. The monoisotopic (exact) mass is 240 g/mol. The number of aromatic nitrogens is 1. The Hall–Kier alpha value is -1.41. The smallest absolute Gasteiger partial charge is 0.0702 e. The van der Waals surface area contributed by atoms with E-state index in [2.05, 4.69) is 35.4 Å². The largest absolute Gasteiger partial charge is 0.330 e. The maximum atomic E-state index is 5.92. The minimum absolute atomic E-state index is 0.612. The van der Waals surface area contributed by atoms with Gasteiger partial charge in [-0.25, -0.2) is 0 Å². The Kier molecular flexibility index (Phi) is 3.28. The van der Waals surface area contributed by atoms with Crippen LogP contribution < -0.4 is 5.73 Å². The Balaban J connectivity index is 1.97. The third-order valence-corrected chi connectivity index (χ3v) is 4.25. The lowest BCUT2D eigenvalue weighted by molar-refractivity contribution is 0.314. The average Bonchev–Trinajstić information content (AvgIpc) is 2.46. The van der Waals surface area contributed by atoms with Crippen LogP contribution in [0.15, 0.2) is 36.5 Å². The highest BCUT2D eigenvalue weighted by Crippen LogP contribution is 2.37. The van der Waals surface area contributed by atoms with Crippen molar-refractivity contribution >= 4 is 10.9 Å². The molecule has 2 nitrogen and oxygen atoms in total. The highest BCUT2D eigenvalue weighted by Gasteiger charge is 2.25. The summed E-state index contributed by atoms with van der Waals surface area (Å²) in [4.78, 5) is 4.58. The van der Waals surface area contributed by atoms with Crippen LogP contribution in [0.25, 0.3) is 10.9 Å². The molecule has 94 valence electrons. The van der Waals surface area contributed by atoms with Crippen molar-refractivity contribution in [2.75, 3.05) is 6.54 Å². The summed E-state index contributed by atoms with van der Waals surface area (Å²) in [6, 6.07) is 10.6. The lowest BCUT2D eigenvalue weighted by atomic mass is 9.76. The van der Waals surface area contributed by atoms with Crippen molar-refractivity contribution in [2.45, 2.75) is 31.6 Å². The standard InChI is InChI=1S/C16H20N2/c17-10-13-6-1-3-7-15(13)14-9-12-5-2-4-8-16(12)18-11-14/h2,4-5,8-9,11,13,15H,1,3,6-7,10,17H2. The summed E-state index contributed by atoms with van der Waals surface area (Å²) in [6.07, 6.45) is 7.25. The zero-order valence-electron chi connectivity index (χ0n) is 10.7. The second kappa shape index (κ2) is 5.07. The number of fused-ring (bicyclic) bond motifs is 1. The van der Waals surface area contributed by atoms with Crippen molar-refractivity contribution in [3.63, 3.8) is 0 Å². The molecular weight excluding hydrogens is 220 g/mol. The van der Waals surface area contributed by atoms with Crippen LogP contribution in [0.2, 0.25) is 0 Å². The van der Waals surface area contributed by atoms with E-state index >= 15 is 0 Å². The number of hydrogen-bond donors (Lipinski definition) is 1. The summed E-state index contributed by atoms with van der Waals surface area (Å²) in [5.74, 6) is 1.25. The lowest BCUT2D eigenvalue weighted by Crippen LogP contribution is -2.25. The first-order chi connectivity index (χ1) is 8.88. The fourth-order valence-corrected chi connectivity index (χ4v) is 3.22. The molecule has 1 aliphatic rings. The van der Waals surface area contributed by atoms with Gasteiger partial charge in [0.25, 0.3) is 0 Å². The van der Waals surface area contributed by atoms with E-state index in [4.69, 9.17) is 5.73 Å². The molecule has 1 aliphatic carbocycles. The van der Waals surface area contributed by atoms with E-state index in [9.17, 15) is 0 Å². The highest BCUT2D eigenvalue weighted by atomic mass is 14.7. The minimum atomic E-state index is 0.612. The van der Waals surface area contributed by atoms with Gasteiger partial charge >= 0.3 is 0 Å². The molecule has 0 saturated heterocycles. The number of pyridine rings is 1. The number of para-hydroxylation sites is 1. The SMILES string of the molecule is NCC1CCCCC1c1cnc2ccccc2c1. The molecule has 0 bridgehead atoms. The number of hydrogen-bond acceptors (Lipinski definition) is 2. The Morgan fingerprint density at radius 3 is 2.89 bits per heavy atom. The fraction of sp³-hybridized carbons (Fsp3) is 0.438. The topological polar surface area (TPSA) is 38.9 Å². The van der Waals surface area contributed by atoms with Crippen molar-refractivity contribution in [3.8, 4) is 0 Å². The summed E-state index contributed by atoms with van der Waals surface area (Å²) in [5.41, 5.74) is 8.39. The zero-order chi connectivity index (χ0) is 12.4. The van der Waals surface area contributed by atoms with E-state index < -0.39 is 0 Å². The molecule has 1 fully saturated rings. The predicted octanol–water partition coefficient (Wildman–Crippen LogP) is 3.47. The average molecular weight is 240 g/mol. The molecule has 1 aromatic heterocycles. The molecule has 3 rings (SSSR count). The maximum absolute atomic E-state index is 5.92. The summed E-state index contributed by atoms with van der Waals surface area (Å²) in [7, 11) is 0. The van der Waals surface area contributed by atoms with Crippen LogP contribution in [0.3, 0.4) is 0 Å². The zero-order valence-corrected chi connectivity index (χ0v) is 10.7. The molecule has 2 atom stereocenters. The molecule has 1 aromatic carbocycles. The van der Waals surface area contributed by atoms with Gasteiger partial charge in [-0.1, -0.05) is 31.0 Å². The van der Waals surface area contributed by atoms with Gasteiger partial charge in [-0.05, 0) is 48.9 Å². The van der Waals surface area contributed by atoms with E-state index in [1.807, 2.05) is 6.07 Å². The van der Waals surface area contributed by atoms with Gasteiger partial charge in [0.05, 0.1) is 5.52 Å². The van der Waals surface area contributed by atoms with E-state index in [-0.39, 0.29) is 0 Å². The Morgan fingerprint density at radius 2 is 2.00 bits per heavy atom. The summed E-state index contributed by atoms with van der Waals surface area (Å²) >= 11 is 0. The molecular formula is C16H20N2. The van der Waals surface area contributed by atoms with Gasteiger partial charge in [-0.15, -0.1) is 0 Å². The van der Waals surface area contributed by atoms with Crippen molar-refractivity contribution in [1.82, 2.24) is 4.98 Å². The van der Waals surface area contributed by atoms with Crippen LogP contribution in [0.1, 0.15) is 37.2 Å². The van der Waals surface area contributed by atoms with Crippen LogP contribution in [0.5, 0.6) is 0 Å². The molecule has 2 heteroatoms. The Labute approximate surface area is 108 Å². The molecule has 1 heterocycles. The quantitative estimate of drug-likeness (QED) is 0.873. The summed E-state index contributed by atoms with van der Waals surface area (Å²) in [6.45, 7) is 0.803. The van der Waals surface area contributed by atoms with E-state index in [1.165, 1.54) is 36.6 Å². The maximum Gasteiger partial charge on any atom is 0.0702 e. The van der Waals surface area contributed by atoms with E-state index in [0.29, 0.717) is 11.8 Å². The van der Waals surface area contributed by atoms with E-state index in [0.717, 1.165) is 12.1 Å². The summed E-state index contributed by atoms with van der Waals surface area (Å²) < 4.78 is 0. The molecule has 2 aromatic rings. The summed E-state index contributed by atoms with van der Waals surface area (Å²) in [5, 5.41) is 1.25.